The van der Waals surface area contributed by atoms with E-state index in [0.29, 0.717) is 42.4 Å². The molecule has 7 nitrogen and oxygen atoms in total. The molecule has 0 radical (unpaired) electrons. The molecule has 0 atom stereocenters. The van der Waals surface area contributed by atoms with Gasteiger partial charge in [-0.3, -0.25) is 4.79 Å². The van der Waals surface area contributed by atoms with Crippen molar-refractivity contribution in [2.45, 2.75) is 77.2 Å². The summed E-state index contributed by atoms with van der Waals surface area (Å²) >= 11 is 0. The summed E-state index contributed by atoms with van der Waals surface area (Å²) in [4.78, 5) is 25.6. The average molecular weight is 532 g/mol. The van der Waals surface area contributed by atoms with Crippen molar-refractivity contribution in [3.63, 3.8) is 0 Å². The zero-order valence-corrected chi connectivity index (χ0v) is 23.0. The van der Waals surface area contributed by atoms with E-state index in [1.807, 2.05) is 24.3 Å². The van der Waals surface area contributed by atoms with E-state index in [4.69, 9.17) is 9.47 Å². The minimum absolute atomic E-state index is 0.0734. The molecule has 4 bridgehead atoms. The number of carbonyl (C=O) groups excluding carboxylic acids is 2. The molecule has 2 aromatic rings. The molecule has 0 aliphatic heterocycles. The highest BCUT2D eigenvalue weighted by Crippen LogP contribution is 2.53. The van der Waals surface area contributed by atoms with Crippen LogP contribution in [0.25, 0.3) is 11.8 Å². The molecular weight excluding hydrogens is 490 g/mol. The van der Waals surface area contributed by atoms with Gasteiger partial charge in [-0.05, 0) is 105 Å². The zero-order chi connectivity index (χ0) is 26.8. The maximum atomic E-state index is 13.8. The summed E-state index contributed by atoms with van der Waals surface area (Å²) in [6, 6.07) is 7.99. The Balaban J connectivity index is 1.24. The van der Waals surface area contributed by atoms with Gasteiger partial charge in [0.05, 0.1) is 25.1 Å². The predicted octanol–water partition coefficient (Wildman–Crippen LogP) is 5.96. The number of amides is 1. The average Bonchev–Trinajstić information content (AvgIpc) is 3.37. The molecule has 1 amide bonds. The van der Waals surface area contributed by atoms with Crippen molar-refractivity contribution >= 4 is 18.0 Å². The number of hydrogen-bond acceptors (Lipinski definition) is 5. The van der Waals surface area contributed by atoms with Crippen LogP contribution in [0.5, 0.6) is 5.88 Å². The van der Waals surface area contributed by atoms with Gasteiger partial charge in [0.1, 0.15) is 5.56 Å². The molecule has 5 aliphatic carbocycles. The van der Waals surface area contributed by atoms with Gasteiger partial charge in [0, 0.05) is 12.1 Å². The van der Waals surface area contributed by atoms with Crippen LogP contribution in [0.3, 0.4) is 0 Å². The number of ether oxygens (including phenoxy) is 2. The summed E-state index contributed by atoms with van der Waals surface area (Å²) in [5.74, 6) is 3.50. The number of rotatable bonds is 9. The first-order valence-electron chi connectivity index (χ1n) is 15.0. The second kappa shape index (κ2) is 11.6. The van der Waals surface area contributed by atoms with Gasteiger partial charge in [-0.2, -0.15) is 5.10 Å². The van der Waals surface area contributed by atoms with Crippen molar-refractivity contribution in [2.24, 2.45) is 29.6 Å². The van der Waals surface area contributed by atoms with E-state index < -0.39 is 0 Å². The summed E-state index contributed by atoms with van der Waals surface area (Å²) in [6.45, 7) is 2.72. The van der Waals surface area contributed by atoms with E-state index in [2.05, 4.69) is 10.4 Å². The third-order valence-corrected chi connectivity index (χ3v) is 9.49. The predicted molar refractivity (Wildman–Crippen MR) is 150 cm³/mol. The Morgan fingerprint density at radius 3 is 2.51 bits per heavy atom. The second-order valence-electron chi connectivity index (χ2n) is 12.2. The first kappa shape index (κ1) is 26.1. The van der Waals surface area contributed by atoms with Crippen LogP contribution in [0, 0.1) is 29.6 Å². The summed E-state index contributed by atoms with van der Waals surface area (Å²) in [5, 5.41) is 8.08. The number of nitrogens with one attached hydrogen (secondary N) is 1. The third kappa shape index (κ3) is 5.78. The SMILES string of the molecule is CCOC(=O)C=Cc1cccc(-n2ncc(C(=O)NC3C4CC5CC(C4)CC3C5)c2OCC2CCCCC2)c1. The Hall–Kier alpha value is -3.09. The van der Waals surface area contributed by atoms with E-state index in [9.17, 15) is 9.59 Å². The lowest BCUT2D eigenvalue weighted by atomic mass is 9.54. The van der Waals surface area contributed by atoms with Gasteiger partial charge in [0.2, 0.25) is 5.88 Å². The fourth-order valence-electron chi connectivity index (χ4n) is 7.87. The summed E-state index contributed by atoms with van der Waals surface area (Å²) in [7, 11) is 0. The standard InChI is InChI=1S/C32H41N3O4/c1-2-38-29(36)12-11-21-9-6-10-27(18-21)35-32(39-20-22-7-4-3-5-8-22)28(19-33-35)31(37)34-30-25-14-23-13-24(16-25)17-26(30)15-23/h6,9-12,18-19,22-26,30H,2-5,7-8,13-17,20H2,1H3,(H,34,37). The molecule has 1 N–H and O–H groups in total. The smallest absolute Gasteiger partial charge is 0.330 e. The van der Waals surface area contributed by atoms with Crippen LogP contribution < -0.4 is 10.1 Å². The molecule has 5 saturated carbocycles. The fraction of sp³-hybridized carbons (Fsp3) is 0.594. The zero-order valence-electron chi connectivity index (χ0n) is 23.0. The van der Waals surface area contributed by atoms with Crippen molar-refractivity contribution in [3.8, 4) is 11.6 Å². The summed E-state index contributed by atoms with van der Waals surface area (Å²) in [5.41, 5.74) is 2.13. The molecule has 208 valence electrons. The maximum Gasteiger partial charge on any atom is 0.330 e. The monoisotopic (exact) mass is 531 g/mol. The Bertz CT molecular complexity index is 1180. The van der Waals surface area contributed by atoms with E-state index in [-0.39, 0.29) is 17.9 Å². The number of nitrogens with zero attached hydrogens (tertiary/aromatic N) is 2. The van der Waals surface area contributed by atoms with Crippen LogP contribution in [0.1, 0.15) is 87.1 Å². The summed E-state index contributed by atoms with van der Waals surface area (Å²) in [6.07, 6.45) is 17.3. The van der Waals surface area contributed by atoms with Crippen LogP contribution in [-0.2, 0) is 9.53 Å². The highest BCUT2D eigenvalue weighted by Gasteiger charge is 2.48. The van der Waals surface area contributed by atoms with Gasteiger partial charge in [0.15, 0.2) is 0 Å². The van der Waals surface area contributed by atoms with E-state index in [0.717, 1.165) is 35.9 Å². The van der Waals surface area contributed by atoms with Crippen LogP contribution in [0.4, 0.5) is 0 Å². The molecule has 7 heteroatoms. The second-order valence-corrected chi connectivity index (χ2v) is 12.2. The van der Waals surface area contributed by atoms with E-state index in [1.54, 1.807) is 23.9 Å². The molecule has 7 rings (SSSR count). The number of esters is 1. The van der Waals surface area contributed by atoms with Crippen molar-refractivity contribution in [2.75, 3.05) is 13.2 Å². The molecule has 5 fully saturated rings. The minimum Gasteiger partial charge on any atom is -0.477 e. The van der Waals surface area contributed by atoms with Gasteiger partial charge in [-0.1, -0.05) is 31.4 Å². The lowest BCUT2D eigenvalue weighted by Crippen LogP contribution is -2.55. The lowest BCUT2D eigenvalue weighted by molar-refractivity contribution is -0.137. The number of hydrogen-bond donors (Lipinski definition) is 1. The van der Waals surface area contributed by atoms with Crippen LogP contribution in [-0.4, -0.2) is 40.9 Å². The Morgan fingerprint density at radius 1 is 1.05 bits per heavy atom. The first-order chi connectivity index (χ1) is 19.1. The molecular formula is C32H41N3O4. The minimum atomic E-state index is -0.373. The van der Waals surface area contributed by atoms with Crippen molar-refractivity contribution < 1.29 is 19.1 Å². The van der Waals surface area contributed by atoms with E-state index in [1.165, 1.54) is 57.4 Å². The number of carbonyl (C=O) groups is 2. The molecule has 39 heavy (non-hydrogen) atoms. The van der Waals surface area contributed by atoms with Crippen molar-refractivity contribution in [1.29, 1.82) is 0 Å². The molecule has 1 aromatic carbocycles. The largest absolute Gasteiger partial charge is 0.477 e. The molecule has 0 spiro atoms. The summed E-state index contributed by atoms with van der Waals surface area (Å²) < 4.78 is 13.2. The van der Waals surface area contributed by atoms with Crippen molar-refractivity contribution in [3.05, 3.63) is 47.7 Å². The van der Waals surface area contributed by atoms with Crippen LogP contribution in [0.15, 0.2) is 36.5 Å². The highest BCUT2D eigenvalue weighted by molar-refractivity contribution is 5.96. The lowest BCUT2D eigenvalue weighted by Gasteiger charge is -2.54. The van der Waals surface area contributed by atoms with Crippen LogP contribution in [0.2, 0.25) is 0 Å². The van der Waals surface area contributed by atoms with Crippen LogP contribution >= 0.6 is 0 Å². The molecule has 0 saturated heterocycles. The fourth-order valence-corrected chi connectivity index (χ4v) is 7.87. The molecule has 0 unspecified atom stereocenters. The van der Waals surface area contributed by atoms with Gasteiger partial charge in [-0.15, -0.1) is 0 Å². The maximum absolute atomic E-state index is 13.8. The number of benzene rings is 1. The number of aromatic nitrogens is 2. The Morgan fingerprint density at radius 2 is 1.79 bits per heavy atom. The normalized spacial score (nSPS) is 28.1. The quantitative estimate of drug-likeness (QED) is 0.319. The molecule has 1 aromatic heterocycles. The molecule has 1 heterocycles. The van der Waals surface area contributed by atoms with Gasteiger partial charge < -0.3 is 14.8 Å². The Labute approximate surface area is 231 Å². The third-order valence-electron chi connectivity index (χ3n) is 9.49. The first-order valence-corrected chi connectivity index (χ1v) is 15.0. The van der Waals surface area contributed by atoms with Gasteiger partial charge in [-0.25, -0.2) is 9.48 Å². The van der Waals surface area contributed by atoms with Gasteiger partial charge >= 0.3 is 5.97 Å². The van der Waals surface area contributed by atoms with Crippen molar-refractivity contribution in [1.82, 2.24) is 15.1 Å². The topological polar surface area (TPSA) is 82.5 Å². The Kier molecular flexibility index (Phi) is 7.76. The van der Waals surface area contributed by atoms with E-state index >= 15 is 0 Å². The molecule has 5 aliphatic rings. The highest BCUT2D eigenvalue weighted by atomic mass is 16.5. The van der Waals surface area contributed by atoms with Gasteiger partial charge in [0.25, 0.3) is 5.91 Å².